The maximum atomic E-state index is 11.3. The van der Waals surface area contributed by atoms with E-state index in [1.165, 1.54) is 44.9 Å². The highest BCUT2D eigenvalue weighted by Gasteiger charge is 2.01. The van der Waals surface area contributed by atoms with Crippen LogP contribution < -0.4 is 0 Å². The van der Waals surface area contributed by atoms with E-state index in [9.17, 15) is 4.79 Å². The van der Waals surface area contributed by atoms with Gasteiger partial charge in [0.25, 0.3) is 0 Å². The van der Waals surface area contributed by atoms with Crippen molar-refractivity contribution in [3.8, 4) is 0 Å². The molecule has 0 atom stereocenters. The minimum Gasteiger partial charge on any atom is -0.466 e. The summed E-state index contributed by atoms with van der Waals surface area (Å²) < 4.78 is 5.03. The summed E-state index contributed by atoms with van der Waals surface area (Å²) in [5.74, 6) is 0.494. The predicted molar refractivity (Wildman–Crippen MR) is 78.1 cm³/mol. The van der Waals surface area contributed by atoms with E-state index in [4.69, 9.17) is 16.3 Å². The van der Waals surface area contributed by atoms with Crippen molar-refractivity contribution in [3.05, 3.63) is 0 Å². The second-order valence-corrected chi connectivity index (χ2v) is 5.22. The van der Waals surface area contributed by atoms with Crippen molar-refractivity contribution in [1.29, 1.82) is 0 Å². The van der Waals surface area contributed by atoms with Crippen LogP contribution in [0.25, 0.3) is 0 Å². The highest BCUT2D eigenvalue weighted by molar-refractivity contribution is 6.17. The third kappa shape index (κ3) is 13.8. The lowest BCUT2D eigenvalue weighted by molar-refractivity contribution is -0.143. The first-order valence-electron chi connectivity index (χ1n) is 7.52. The van der Waals surface area contributed by atoms with E-state index in [-0.39, 0.29) is 5.97 Å². The van der Waals surface area contributed by atoms with Gasteiger partial charge >= 0.3 is 5.97 Å². The summed E-state index contributed by atoms with van der Waals surface area (Å²) >= 11 is 5.50. The Morgan fingerprint density at radius 3 is 2.00 bits per heavy atom. The summed E-state index contributed by atoms with van der Waals surface area (Å²) in [5, 5.41) is 0. The summed E-state index contributed by atoms with van der Waals surface area (Å²) in [4.78, 5) is 11.3. The summed E-state index contributed by atoms with van der Waals surface area (Å²) in [6.45, 7) is 2.71. The third-order valence-corrected chi connectivity index (χ3v) is 3.29. The number of carbonyl (C=O) groups is 1. The van der Waals surface area contributed by atoms with Crippen LogP contribution in [-0.4, -0.2) is 18.5 Å². The number of halogens is 1. The zero-order valence-electron chi connectivity index (χ0n) is 11.9. The van der Waals surface area contributed by atoms with E-state index >= 15 is 0 Å². The van der Waals surface area contributed by atoms with Crippen LogP contribution in [-0.2, 0) is 9.53 Å². The van der Waals surface area contributed by atoms with Gasteiger partial charge in [-0.25, -0.2) is 0 Å². The number of carbonyl (C=O) groups excluding carboxylic acids is 1. The number of rotatable bonds is 13. The minimum absolute atomic E-state index is 0.0666. The molecule has 0 N–H and O–H groups in total. The van der Waals surface area contributed by atoms with E-state index in [2.05, 4.69) is 6.92 Å². The van der Waals surface area contributed by atoms with E-state index in [1.807, 2.05) is 0 Å². The Morgan fingerprint density at radius 1 is 0.889 bits per heavy atom. The molecule has 0 radical (unpaired) electrons. The Morgan fingerprint density at radius 2 is 1.44 bits per heavy atom. The van der Waals surface area contributed by atoms with Crippen LogP contribution in [0.1, 0.15) is 77.6 Å². The Hall–Kier alpha value is -0.240. The third-order valence-electron chi connectivity index (χ3n) is 3.03. The smallest absolute Gasteiger partial charge is 0.305 e. The fraction of sp³-hybridized carbons (Fsp3) is 0.933. The van der Waals surface area contributed by atoms with Crippen LogP contribution in [0.5, 0.6) is 0 Å². The van der Waals surface area contributed by atoms with Gasteiger partial charge < -0.3 is 4.74 Å². The van der Waals surface area contributed by atoms with Crippen LogP contribution in [0.3, 0.4) is 0 Å². The summed E-state index contributed by atoms with van der Waals surface area (Å²) in [7, 11) is 0. The maximum absolute atomic E-state index is 11.3. The molecule has 0 aliphatic carbocycles. The molecule has 0 heterocycles. The summed E-state index contributed by atoms with van der Waals surface area (Å²) in [6, 6.07) is 0. The van der Waals surface area contributed by atoms with Gasteiger partial charge in [-0.15, -0.1) is 11.6 Å². The number of hydrogen-bond donors (Lipinski definition) is 0. The standard InChI is InChI=1S/C15H29ClO2/c1-2-3-4-5-6-7-8-9-10-12-15(17)18-14-11-13-16/h2-14H2,1H3. The monoisotopic (exact) mass is 276 g/mol. The molecule has 0 rings (SSSR count). The van der Waals surface area contributed by atoms with Gasteiger partial charge in [0.05, 0.1) is 6.61 Å². The molecule has 18 heavy (non-hydrogen) atoms. The second kappa shape index (κ2) is 14.8. The van der Waals surface area contributed by atoms with Gasteiger partial charge in [-0.1, -0.05) is 58.3 Å². The van der Waals surface area contributed by atoms with E-state index < -0.39 is 0 Å². The quantitative estimate of drug-likeness (QED) is 0.266. The number of esters is 1. The molecule has 2 nitrogen and oxygen atoms in total. The Balaban J connectivity index is 3.08. The molecule has 0 unspecified atom stereocenters. The van der Waals surface area contributed by atoms with Gasteiger partial charge in [0.2, 0.25) is 0 Å². The molecule has 0 spiro atoms. The van der Waals surface area contributed by atoms with Crippen molar-refractivity contribution in [2.75, 3.05) is 12.5 Å². The molecule has 0 aromatic rings. The van der Waals surface area contributed by atoms with Gasteiger partial charge in [0.15, 0.2) is 0 Å². The lowest BCUT2D eigenvalue weighted by Crippen LogP contribution is -2.05. The zero-order chi connectivity index (χ0) is 13.5. The first-order chi connectivity index (χ1) is 8.81. The Kier molecular flexibility index (Phi) is 14.6. The van der Waals surface area contributed by atoms with Crippen LogP contribution in [0.4, 0.5) is 0 Å². The van der Waals surface area contributed by atoms with Crippen molar-refractivity contribution in [2.45, 2.75) is 77.6 Å². The van der Waals surface area contributed by atoms with Crippen LogP contribution in [0, 0.1) is 0 Å². The first kappa shape index (κ1) is 17.8. The molecule has 0 aromatic heterocycles. The topological polar surface area (TPSA) is 26.3 Å². The predicted octanol–water partition coefficient (Wildman–Crippen LogP) is 5.08. The van der Waals surface area contributed by atoms with Crippen LogP contribution in [0.15, 0.2) is 0 Å². The minimum atomic E-state index is -0.0666. The first-order valence-corrected chi connectivity index (χ1v) is 8.06. The molecular formula is C15H29ClO2. The molecular weight excluding hydrogens is 248 g/mol. The molecule has 0 saturated heterocycles. The average Bonchev–Trinajstić information content (AvgIpc) is 2.37. The summed E-state index contributed by atoms with van der Waals surface area (Å²) in [5.41, 5.74) is 0. The number of hydrogen-bond acceptors (Lipinski definition) is 2. The van der Waals surface area contributed by atoms with Gasteiger partial charge in [-0.05, 0) is 12.8 Å². The Labute approximate surface area is 117 Å². The fourth-order valence-corrected chi connectivity index (χ4v) is 2.00. The van der Waals surface area contributed by atoms with E-state index in [1.54, 1.807) is 0 Å². The van der Waals surface area contributed by atoms with Crippen molar-refractivity contribution < 1.29 is 9.53 Å². The van der Waals surface area contributed by atoms with Crippen molar-refractivity contribution in [2.24, 2.45) is 0 Å². The number of ether oxygens (including phenoxy) is 1. The molecule has 0 bridgehead atoms. The van der Waals surface area contributed by atoms with Crippen molar-refractivity contribution >= 4 is 17.6 Å². The number of alkyl halides is 1. The maximum Gasteiger partial charge on any atom is 0.305 e. The van der Waals surface area contributed by atoms with Gasteiger partial charge in [0, 0.05) is 12.3 Å². The molecule has 3 heteroatoms. The number of unbranched alkanes of at least 4 members (excludes halogenated alkanes) is 8. The van der Waals surface area contributed by atoms with Gasteiger partial charge in [-0.3, -0.25) is 4.79 Å². The highest BCUT2D eigenvalue weighted by atomic mass is 35.5. The largest absolute Gasteiger partial charge is 0.466 e. The Bertz CT molecular complexity index is 183. The van der Waals surface area contributed by atoms with Gasteiger partial charge in [-0.2, -0.15) is 0 Å². The average molecular weight is 277 g/mol. The molecule has 0 aliphatic rings. The van der Waals surface area contributed by atoms with Crippen molar-refractivity contribution in [1.82, 2.24) is 0 Å². The van der Waals surface area contributed by atoms with Crippen LogP contribution in [0.2, 0.25) is 0 Å². The zero-order valence-corrected chi connectivity index (χ0v) is 12.6. The molecule has 0 fully saturated rings. The van der Waals surface area contributed by atoms with Gasteiger partial charge in [0.1, 0.15) is 0 Å². The second-order valence-electron chi connectivity index (χ2n) is 4.84. The van der Waals surface area contributed by atoms with E-state index in [0.29, 0.717) is 18.9 Å². The molecule has 0 amide bonds. The van der Waals surface area contributed by atoms with Crippen LogP contribution >= 0.6 is 11.6 Å². The normalized spacial score (nSPS) is 10.6. The fourth-order valence-electron chi connectivity index (χ4n) is 1.89. The lowest BCUT2D eigenvalue weighted by Gasteiger charge is -2.03. The molecule has 0 saturated carbocycles. The molecule has 0 aromatic carbocycles. The molecule has 108 valence electrons. The summed E-state index contributed by atoms with van der Waals surface area (Å²) in [6.07, 6.45) is 12.8. The van der Waals surface area contributed by atoms with Crippen molar-refractivity contribution in [3.63, 3.8) is 0 Å². The molecule has 0 aliphatic heterocycles. The SMILES string of the molecule is CCCCCCCCCCCC(=O)OCCCCl. The van der Waals surface area contributed by atoms with E-state index in [0.717, 1.165) is 19.3 Å². The highest BCUT2D eigenvalue weighted by Crippen LogP contribution is 2.10. The lowest BCUT2D eigenvalue weighted by atomic mass is 10.1.